The van der Waals surface area contributed by atoms with Gasteiger partial charge in [0.1, 0.15) is 6.17 Å². The van der Waals surface area contributed by atoms with Crippen molar-refractivity contribution in [3.05, 3.63) is 76.8 Å². The highest BCUT2D eigenvalue weighted by molar-refractivity contribution is 6.30. The SMILES string of the molecule is FC(F)(F)C1=NC(c2ccc(Cl)cc2)Nc2c1ccc1ccccc21. The van der Waals surface area contributed by atoms with E-state index in [-0.39, 0.29) is 5.56 Å². The first kappa shape index (κ1) is 16.0. The number of hydrogen-bond acceptors (Lipinski definition) is 2. The monoisotopic (exact) mass is 360 g/mol. The second-order valence-electron chi connectivity index (χ2n) is 5.78. The summed E-state index contributed by atoms with van der Waals surface area (Å²) in [6, 6.07) is 17.1. The predicted octanol–water partition coefficient (Wildman–Crippen LogP) is 5.97. The van der Waals surface area contributed by atoms with Crippen molar-refractivity contribution in [1.29, 1.82) is 0 Å². The largest absolute Gasteiger partial charge is 0.433 e. The molecular weight excluding hydrogens is 349 g/mol. The first-order valence-electron chi connectivity index (χ1n) is 7.62. The minimum Gasteiger partial charge on any atom is -0.359 e. The molecule has 1 aliphatic heterocycles. The van der Waals surface area contributed by atoms with Crippen LogP contribution < -0.4 is 5.32 Å². The highest BCUT2D eigenvalue weighted by atomic mass is 35.5. The fourth-order valence-electron chi connectivity index (χ4n) is 3.02. The Hall–Kier alpha value is -2.53. The molecule has 0 amide bonds. The zero-order valence-electron chi connectivity index (χ0n) is 12.8. The molecule has 1 N–H and O–H groups in total. The van der Waals surface area contributed by atoms with E-state index in [0.717, 1.165) is 10.8 Å². The molecule has 3 aromatic rings. The lowest BCUT2D eigenvalue weighted by Gasteiger charge is -2.28. The van der Waals surface area contributed by atoms with Crippen molar-refractivity contribution in [2.75, 3.05) is 5.32 Å². The van der Waals surface area contributed by atoms with Crippen molar-refractivity contribution in [2.45, 2.75) is 12.3 Å². The van der Waals surface area contributed by atoms with E-state index in [0.29, 0.717) is 16.3 Å². The van der Waals surface area contributed by atoms with Crippen LogP contribution in [0.1, 0.15) is 17.3 Å². The zero-order valence-corrected chi connectivity index (χ0v) is 13.6. The van der Waals surface area contributed by atoms with E-state index in [1.54, 1.807) is 42.5 Å². The van der Waals surface area contributed by atoms with Gasteiger partial charge in [-0.15, -0.1) is 0 Å². The summed E-state index contributed by atoms with van der Waals surface area (Å²) in [5.41, 5.74) is 0.258. The molecule has 0 saturated carbocycles. The maximum Gasteiger partial charge on any atom is 0.433 e. The van der Waals surface area contributed by atoms with Crippen molar-refractivity contribution in [2.24, 2.45) is 4.99 Å². The maximum atomic E-state index is 13.6. The van der Waals surface area contributed by atoms with Gasteiger partial charge in [0.05, 0.1) is 5.69 Å². The molecule has 2 nitrogen and oxygen atoms in total. The summed E-state index contributed by atoms with van der Waals surface area (Å²) in [5, 5.41) is 5.27. The molecular formula is C19H12ClF3N2. The second-order valence-corrected chi connectivity index (χ2v) is 6.22. The third-order valence-corrected chi connectivity index (χ3v) is 4.43. The smallest absolute Gasteiger partial charge is 0.359 e. The van der Waals surface area contributed by atoms with E-state index in [2.05, 4.69) is 10.3 Å². The first-order chi connectivity index (χ1) is 11.9. The topological polar surface area (TPSA) is 24.4 Å². The van der Waals surface area contributed by atoms with Crippen molar-refractivity contribution < 1.29 is 13.2 Å². The fraction of sp³-hybridized carbons (Fsp3) is 0.105. The molecule has 0 aromatic heterocycles. The van der Waals surface area contributed by atoms with Crippen molar-refractivity contribution in [3.8, 4) is 0 Å². The minimum absolute atomic E-state index is 0.0661. The first-order valence-corrected chi connectivity index (χ1v) is 8.00. The zero-order chi connectivity index (χ0) is 17.6. The molecule has 25 heavy (non-hydrogen) atoms. The van der Waals surface area contributed by atoms with E-state index < -0.39 is 18.1 Å². The minimum atomic E-state index is -4.54. The number of anilines is 1. The van der Waals surface area contributed by atoms with Crippen LogP contribution in [0.3, 0.4) is 0 Å². The molecule has 0 saturated heterocycles. The highest BCUT2D eigenvalue weighted by Gasteiger charge is 2.41. The predicted molar refractivity (Wildman–Crippen MR) is 94.4 cm³/mol. The van der Waals surface area contributed by atoms with E-state index in [1.165, 1.54) is 6.07 Å². The fourth-order valence-corrected chi connectivity index (χ4v) is 3.15. The molecule has 0 bridgehead atoms. The van der Waals surface area contributed by atoms with E-state index in [9.17, 15) is 13.2 Å². The van der Waals surface area contributed by atoms with Gasteiger partial charge < -0.3 is 5.32 Å². The molecule has 1 aliphatic rings. The Labute approximate surface area is 147 Å². The normalized spacial score (nSPS) is 17.0. The Balaban J connectivity index is 1.93. The highest BCUT2D eigenvalue weighted by Crippen LogP contribution is 2.39. The third-order valence-electron chi connectivity index (χ3n) is 4.18. The third kappa shape index (κ3) is 2.85. The molecule has 126 valence electrons. The van der Waals surface area contributed by atoms with E-state index >= 15 is 0 Å². The number of benzene rings is 3. The molecule has 6 heteroatoms. The molecule has 0 fully saturated rings. The van der Waals surface area contributed by atoms with Gasteiger partial charge in [-0.25, -0.2) is 0 Å². The van der Waals surface area contributed by atoms with Crippen LogP contribution in [0.4, 0.5) is 18.9 Å². The Kier molecular flexibility index (Phi) is 3.69. The Bertz CT molecular complexity index is 978. The average Bonchev–Trinajstić information content (AvgIpc) is 2.60. The van der Waals surface area contributed by atoms with Gasteiger partial charge in [0, 0.05) is 16.0 Å². The van der Waals surface area contributed by atoms with E-state index in [1.807, 2.05) is 12.1 Å². The summed E-state index contributed by atoms with van der Waals surface area (Å²) >= 11 is 5.87. The van der Waals surface area contributed by atoms with Crippen molar-refractivity contribution in [1.82, 2.24) is 0 Å². The van der Waals surface area contributed by atoms with Gasteiger partial charge in [0.15, 0.2) is 5.71 Å². The number of hydrogen-bond donors (Lipinski definition) is 1. The Morgan fingerprint density at radius 1 is 0.920 bits per heavy atom. The number of alkyl halides is 3. The molecule has 0 aliphatic carbocycles. The van der Waals surface area contributed by atoms with Gasteiger partial charge in [-0.05, 0) is 23.1 Å². The molecule has 3 aromatic carbocycles. The lowest BCUT2D eigenvalue weighted by Crippen LogP contribution is -2.30. The Morgan fingerprint density at radius 3 is 2.36 bits per heavy atom. The van der Waals surface area contributed by atoms with Gasteiger partial charge >= 0.3 is 6.18 Å². The standard InChI is InChI=1S/C19H12ClF3N2/c20-13-8-5-12(6-9-13)18-24-16-14-4-2-1-3-11(14)7-10-15(16)17(25-18)19(21,22)23/h1-10,18,24H. The maximum absolute atomic E-state index is 13.6. The number of rotatable bonds is 1. The molecule has 1 atom stereocenters. The summed E-state index contributed by atoms with van der Waals surface area (Å²) in [6.45, 7) is 0. The van der Waals surface area contributed by atoms with Gasteiger partial charge in [0.2, 0.25) is 0 Å². The molecule has 4 rings (SSSR count). The van der Waals surface area contributed by atoms with Gasteiger partial charge in [0.25, 0.3) is 0 Å². The van der Waals surface area contributed by atoms with Crippen molar-refractivity contribution >= 4 is 33.8 Å². The number of nitrogens with one attached hydrogen (secondary N) is 1. The van der Waals surface area contributed by atoms with Crippen LogP contribution in [0, 0.1) is 0 Å². The van der Waals surface area contributed by atoms with Gasteiger partial charge in [-0.1, -0.05) is 60.1 Å². The summed E-state index contributed by atoms with van der Waals surface area (Å²) in [6.07, 6.45) is -5.36. The van der Waals surface area contributed by atoms with Gasteiger partial charge in [-0.2, -0.15) is 13.2 Å². The van der Waals surface area contributed by atoms with Crippen LogP contribution in [-0.4, -0.2) is 11.9 Å². The van der Waals surface area contributed by atoms with E-state index in [4.69, 9.17) is 11.6 Å². The number of nitrogens with zero attached hydrogens (tertiary/aromatic N) is 1. The van der Waals surface area contributed by atoms with Crippen LogP contribution in [-0.2, 0) is 0 Å². The lowest BCUT2D eigenvalue weighted by molar-refractivity contribution is -0.0584. The average molecular weight is 361 g/mol. The molecule has 1 heterocycles. The van der Waals surface area contributed by atoms with Crippen LogP contribution in [0.15, 0.2) is 65.7 Å². The van der Waals surface area contributed by atoms with Crippen molar-refractivity contribution in [3.63, 3.8) is 0 Å². The summed E-state index contributed by atoms with van der Waals surface area (Å²) in [5.74, 6) is 0. The van der Waals surface area contributed by atoms with Crippen LogP contribution in [0.2, 0.25) is 5.02 Å². The number of fused-ring (bicyclic) bond motifs is 3. The number of aliphatic imine (C=N–C) groups is 1. The second kappa shape index (κ2) is 5.77. The summed E-state index contributed by atoms with van der Waals surface area (Å²) in [4.78, 5) is 3.94. The van der Waals surface area contributed by atoms with Crippen LogP contribution in [0.5, 0.6) is 0 Å². The quantitative estimate of drug-likeness (QED) is 0.568. The number of halogens is 4. The molecule has 0 radical (unpaired) electrons. The van der Waals surface area contributed by atoms with Gasteiger partial charge in [-0.3, -0.25) is 4.99 Å². The summed E-state index contributed by atoms with van der Waals surface area (Å²) < 4.78 is 40.8. The lowest BCUT2D eigenvalue weighted by atomic mass is 9.97. The molecule has 0 spiro atoms. The Morgan fingerprint density at radius 2 is 1.64 bits per heavy atom. The molecule has 1 unspecified atom stereocenters. The summed E-state index contributed by atoms with van der Waals surface area (Å²) in [7, 11) is 0. The van der Waals surface area contributed by atoms with Crippen LogP contribution in [0.25, 0.3) is 10.8 Å². The van der Waals surface area contributed by atoms with Crippen LogP contribution >= 0.6 is 11.6 Å².